The summed E-state index contributed by atoms with van der Waals surface area (Å²) >= 11 is 0. The van der Waals surface area contributed by atoms with Crippen LogP contribution in [0.1, 0.15) is 35.8 Å². The van der Waals surface area contributed by atoms with Gasteiger partial charge < -0.3 is 10.2 Å². The Bertz CT molecular complexity index is 1020. The smallest absolute Gasteiger partial charge is 0.257 e. The first kappa shape index (κ1) is 18.3. The first-order valence-electron chi connectivity index (χ1n) is 9.59. The standard InChI is InChI=1S/C22H23FN4O/c1-14-4-3-11-27(13-14)22(28)19-12-24-21-18(10-5-15(2)25-21)20(19)26-17-8-6-16(23)7-9-17/h5-10,12,14H,3-4,11,13H2,1-2H3,(H,24,25,26)/t14-/m1/s1. The molecule has 1 atom stereocenters. The van der Waals surface area contributed by atoms with Crippen LogP contribution in [0.15, 0.2) is 42.6 Å². The summed E-state index contributed by atoms with van der Waals surface area (Å²) in [5.41, 5.74) is 3.31. The number of amides is 1. The van der Waals surface area contributed by atoms with Crippen molar-refractivity contribution in [3.8, 4) is 0 Å². The Morgan fingerprint density at radius 2 is 2.00 bits per heavy atom. The number of likely N-dealkylation sites (tertiary alicyclic amines) is 1. The van der Waals surface area contributed by atoms with Crippen LogP contribution >= 0.6 is 0 Å². The largest absolute Gasteiger partial charge is 0.354 e. The molecule has 0 saturated carbocycles. The maximum atomic E-state index is 13.3. The lowest BCUT2D eigenvalue weighted by atomic mass is 9.99. The molecule has 0 aliphatic carbocycles. The van der Waals surface area contributed by atoms with E-state index in [0.717, 1.165) is 37.0 Å². The zero-order chi connectivity index (χ0) is 19.7. The van der Waals surface area contributed by atoms with Crippen molar-refractivity contribution in [2.75, 3.05) is 18.4 Å². The summed E-state index contributed by atoms with van der Waals surface area (Å²) in [7, 11) is 0. The van der Waals surface area contributed by atoms with Crippen molar-refractivity contribution in [3.63, 3.8) is 0 Å². The van der Waals surface area contributed by atoms with Crippen LogP contribution in [0.5, 0.6) is 0 Å². The average molecular weight is 378 g/mol. The minimum Gasteiger partial charge on any atom is -0.354 e. The molecule has 1 aliphatic heterocycles. The zero-order valence-corrected chi connectivity index (χ0v) is 16.1. The van der Waals surface area contributed by atoms with E-state index in [1.54, 1.807) is 18.3 Å². The van der Waals surface area contributed by atoms with E-state index in [2.05, 4.69) is 22.2 Å². The van der Waals surface area contributed by atoms with Gasteiger partial charge in [-0.25, -0.2) is 14.4 Å². The minimum absolute atomic E-state index is 0.0360. The van der Waals surface area contributed by atoms with Gasteiger partial charge in [-0.15, -0.1) is 0 Å². The van der Waals surface area contributed by atoms with Crippen LogP contribution in [0, 0.1) is 18.7 Å². The Labute approximate surface area is 163 Å². The number of fused-ring (bicyclic) bond motifs is 1. The van der Waals surface area contributed by atoms with Crippen molar-refractivity contribution >= 4 is 28.3 Å². The summed E-state index contributed by atoms with van der Waals surface area (Å²) in [5, 5.41) is 4.07. The molecule has 0 bridgehead atoms. The predicted octanol–water partition coefficient (Wildman–Crippen LogP) is 4.69. The van der Waals surface area contributed by atoms with E-state index in [-0.39, 0.29) is 11.7 Å². The number of aromatic nitrogens is 2. The number of halogens is 1. The molecular weight excluding hydrogens is 355 g/mol. The number of carbonyl (C=O) groups excluding carboxylic acids is 1. The number of hydrogen-bond acceptors (Lipinski definition) is 4. The van der Waals surface area contributed by atoms with Gasteiger partial charge in [-0.3, -0.25) is 4.79 Å². The van der Waals surface area contributed by atoms with E-state index in [0.29, 0.717) is 28.5 Å². The first-order chi connectivity index (χ1) is 13.5. The third-order valence-electron chi connectivity index (χ3n) is 5.16. The van der Waals surface area contributed by atoms with Crippen LogP contribution in [-0.4, -0.2) is 33.9 Å². The number of pyridine rings is 2. The SMILES string of the molecule is Cc1ccc2c(Nc3ccc(F)cc3)c(C(=O)N3CCC[C@@H](C)C3)cnc2n1. The van der Waals surface area contributed by atoms with Crippen LogP contribution in [0.2, 0.25) is 0 Å². The van der Waals surface area contributed by atoms with E-state index in [4.69, 9.17) is 0 Å². The van der Waals surface area contributed by atoms with E-state index in [9.17, 15) is 9.18 Å². The highest BCUT2D eigenvalue weighted by atomic mass is 19.1. The Morgan fingerprint density at radius 3 is 2.75 bits per heavy atom. The number of aryl methyl sites for hydroxylation is 1. The molecule has 4 rings (SSSR count). The van der Waals surface area contributed by atoms with Gasteiger partial charge in [-0.05, 0) is 62.1 Å². The minimum atomic E-state index is -0.305. The summed E-state index contributed by atoms with van der Waals surface area (Å²) in [6.45, 7) is 5.58. The molecule has 6 heteroatoms. The number of anilines is 2. The molecule has 1 amide bonds. The molecule has 144 valence electrons. The fourth-order valence-corrected chi connectivity index (χ4v) is 3.69. The maximum Gasteiger partial charge on any atom is 0.257 e. The quantitative estimate of drug-likeness (QED) is 0.718. The van der Waals surface area contributed by atoms with Crippen molar-refractivity contribution < 1.29 is 9.18 Å². The second-order valence-corrected chi connectivity index (χ2v) is 7.50. The van der Waals surface area contributed by atoms with E-state index in [1.165, 1.54) is 12.1 Å². The van der Waals surface area contributed by atoms with E-state index in [1.807, 2.05) is 24.0 Å². The maximum absolute atomic E-state index is 13.3. The molecule has 1 fully saturated rings. The first-order valence-corrected chi connectivity index (χ1v) is 9.59. The molecular formula is C22H23FN4O. The van der Waals surface area contributed by atoms with Gasteiger partial charge in [0.15, 0.2) is 5.65 Å². The summed E-state index contributed by atoms with van der Waals surface area (Å²) in [6.07, 6.45) is 3.75. The molecule has 0 radical (unpaired) electrons. The number of nitrogens with one attached hydrogen (secondary N) is 1. The van der Waals surface area contributed by atoms with Gasteiger partial charge in [0.05, 0.1) is 11.3 Å². The van der Waals surface area contributed by atoms with Gasteiger partial charge in [0.25, 0.3) is 5.91 Å². The zero-order valence-electron chi connectivity index (χ0n) is 16.1. The normalized spacial score (nSPS) is 17.0. The van der Waals surface area contributed by atoms with Gasteiger partial charge in [0, 0.05) is 36.1 Å². The van der Waals surface area contributed by atoms with Gasteiger partial charge in [0.2, 0.25) is 0 Å². The number of piperidine rings is 1. The van der Waals surface area contributed by atoms with Crippen molar-refractivity contribution in [1.29, 1.82) is 0 Å². The molecule has 28 heavy (non-hydrogen) atoms. The van der Waals surface area contributed by atoms with Gasteiger partial charge in [-0.1, -0.05) is 6.92 Å². The van der Waals surface area contributed by atoms with Gasteiger partial charge >= 0.3 is 0 Å². The summed E-state index contributed by atoms with van der Waals surface area (Å²) in [5.74, 6) is 0.149. The Balaban J connectivity index is 1.79. The summed E-state index contributed by atoms with van der Waals surface area (Å²) in [4.78, 5) is 24.1. The summed E-state index contributed by atoms with van der Waals surface area (Å²) in [6, 6.07) is 9.91. The fourth-order valence-electron chi connectivity index (χ4n) is 3.69. The molecule has 0 unspecified atom stereocenters. The Hall–Kier alpha value is -3.02. The topological polar surface area (TPSA) is 58.1 Å². The number of carbonyl (C=O) groups is 1. The van der Waals surface area contributed by atoms with Crippen molar-refractivity contribution in [2.45, 2.75) is 26.7 Å². The third kappa shape index (κ3) is 3.67. The molecule has 5 nitrogen and oxygen atoms in total. The lowest BCUT2D eigenvalue weighted by molar-refractivity contribution is 0.0684. The Kier molecular flexibility index (Phi) is 4.94. The van der Waals surface area contributed by atoms with Crippen LogP contribution in [0.3, 0.4) is 0 Å². The van der Waals surface area contributed by atoms with Crippen molar-refractivity contribution in [1.82, 2.24) is 14.9 Å². The second-order valence-electron chi connectivity index (χ2n) is 7.50. The molecule has 1 saturated heterocycles. The molecule has 2 aromatic heterocycles. The number of benzene rings is 1. The third-order valence-corrected chi connectivity index (χ3v) is 5.16. The fraction of sp³-hybridized carbons (Fsp3) is 0.318. The van der Waals surface area contributed by atoms with Crippen molar-refractivity contribution in [3.05, 3.63) is 59.7 Å². The van der Waals surface area contributed by atoms with Gasteiger partial charge in [0.1, 0.15) is 5.82 Å². The predicted molar refractivity (Wildman–Crippen MR) is 108 cm³/mol. The highest BCUT2D eigenvalue weighted by Gasteiger charge is 2.25. The summed E-state index contributed by atoms with van der Waals surface area (Å²) < 4.78 is 13.3. The highest BCUT2D eigenvalue weighted by molar-refractivity contribution is 6.07. The lowest BCUT2D eigenvalue weighted by Crippen LogP contribution is -2.39. The lowest BCUT2D eigenvalue weighted by Gasteiger charge is -2.31. The number of hydrogen-bond donors (Lipinski definition) is 1. The molecule has 1 aromatic carbocycles. The highest BCUT2D eigenvalue weighted by Crippen LogP contribution is 2.30. The molecule has 3 aromatic rings. The van der Waals surface area contributed by atoms with Crippen LogP contribution in [0.25, 0.3) is 11.0 Å². The van der Waals surface area contributed by atoms with Crippen LogP contribution in [-0.2, 0) is 0 Å². The number of rotatable bonds is 3. The monoisotopic (exact) mass is 378 g/mol. The second kappa shape index (κ2) is 7.54. The van der Waals surface area contributed by atoms with E-state index < -0.39 is 0 Å². The number of nitrogens with zero attached hydrogens (tertiary/aromatic N) is 3. The molecule has 0 spiro atoms. The molecule has 1 aliphatic rings. The van der Waals surface area contributed by atoms with Crippen LogP contribution < -0.4 is 5.32 Å². The Morgan fingerprint density at radius 1 is 1.21 bits per heavy atom. The van der Waals surface area contributed by atoms with E-state index >= 15 is 0 Å². The molecule has 3 heterocycles. The van der Waals surface area contributed by atoms with Crippen molar-refractivity contribution in [2.24, 2.45) is 5.92 Å². The average Bonchev–Trinajstić information content (AvgIpc) is 2.69. The van der Waals surface area contributed by atoms with Crippen LogP contribution in [0.4, 0.5) is 15.8 Å². The molecule has 1 N–H and O–H groups in total. The van der Waals surface area contributed by atoms with Gasteiger partial charge in [-0.2, -0.15) is 0 Å².